The lowest BCUT2D eigenvalue weighted by Crippen LogP contribution is -2.31. The summed E-state index contributed by atoms with van der Waals surface area (Å²) in [6.45, 7) is 9.60. The Morgan fingerprint density at radius 3 is 1.05 bits per heavy atom. The molecule has 2 nitrogen and oxygen atoms in total. The van der Waals surface area contributed by atoms with Crippen LogP contribution in [0.3, 0.4) is 0 Å². The molecule has 0 radical (unpaired) electrons. The van der Waals surface area contributed by atoms with E-state index in [9.17, 15) is 0 Å². The van der Waals surface area contributed by atoms with Crippen molar-refractivity contribution >= 4 is 55.7 Å². The molecule has 0 N–H and O–H groups in total. The SMILES string of the molecule is CC1(C)c2ccccc2N(c2ccccc2)c2c(-c3cccc4c(-c5cccc6c5-c5ccccc5C65c6ccccc6-c6ccccc65)c5cccc(-c6cccc7c6N(c6ccccc6)c6ccccc6C7(C)C)c5cc34)cccc21. The molecule has 0 saturated carbocycles. The molecular formula is C81H58N2. The van der Waals surface area contributed by atoms with Gasteiger partial charge in [0.2, 0.25) is 0 Å². The van der Waals surface area contributed by atoms with E-state index in [4.69, 9.17) is 0 Å². The van der Waals surface area contributed by atoms with Gasteiger partial charge in [-0.2, -0.15) is 0 Å². The van der Waals surface area contributed by atoms with Gasteiger partial charge in [-0.25, -0.2) is 0 Å². The molecule has 2 aliphatic heterocycles. The first-order valence-electron chi connectivity index (χ1n) is 29.3. The molecule has 2 heterocycles. The number of nitrogens with zero attached hydrogens (tertiary/aromatic N) is 2. The average molecular weight is 1060 g/mol. The van der Waals surface area contributed by atoms with Crippen LogP contribution in [-0.2, 0) is 16.2 Å². The lowest BCUT2D eigenvalue weighted by Gasteiger charge is -2.43. The van der Waals surface area contributed by atoms with Crippen molar-refractivity contribution in [3.63, 3.8) is 0 Å². The van der Waals surface area contributed by atoms with E-state index in [-0.39, 0.29) is 10.8 Å². The summed E-state index contributed by atoms with van der Waals surface area (Å²) in [5.41, 5.74) is 29.2. The van der Waals surface area contributed by atoms with Crippen LogP contribution in [0.1, 0.15) is 72.2 Å². The first-order valence-corrected chi connectivity index (χ1v) is 29.3. The topological polar surface area (TPSA) is 6.48 Å². The Labute approximate surface area is 485 Å². The van der Waals surface area contributed by atoms with Gasteiger partial charge in [-0.3, -0.25) is 0 Å². The third kappa shape index (κ3) is 6.38. The van der Waals surface area contributed by atoms with Crippen LogP contribution in [0.25, 0.3) is 77.2 Å². The zero-order valence-electron chi connectivity index (χ0n) is 47.0. The van der Waals surface area contributed by atoms with Gasteiger partial charge >= 0.3 is 0 Å². The fraction of sp³-hybridized carbons (Fsp3) is 0.0864. The molecule has 1 spiro atoms. The summed E-state index contributed by atoms with van der Waals surface area (Å²) in [6, 6.07) is 106. The van der Waals surface area contributed by atoms with Crippen LogP contribution in [0.5, 0.6) is 0 Å². The van der Waals surface area contributed by atoms with Gasteiger partial charge in [0.25, 0.3) is 0 Å². The minimum absolute atomic E-state index is 0.280. The Balaban J connectivity index is 1.01. The van der Waals surface area contributed by atoms with E-state index in [0.29, 0.717) is 0 Å². The van der Waals surface area contributed by atoms with Crippen LogP contribution in [-0.4, -0.2) is 0 Å². The second-order valence-corrected chi connectivity index (χ2v) is 24.2. The predicted octanol–water partition coefficient (Wildman–Crippen LogP) is 21.6. The van der Waals surface area contributed by atoms with Crippen molar-refractivity contribution in [2.75, 3.05) is 9.80 Å². The summed E-state index contributed by atoms with van der Waals surface area (Å²) in [5, 5.41) is 4.88. The molecule has 392 valence electrons. The van der Waals surface area contributed by atoms with Gasteiger partial charge < -0.3 is 9.80 Å². The van der Waals surface area contributed by atoms with Gasteiger partial charge in [-0.05, 0) is 153 Å². The minimum Gasteiger partial charge on any atom is -0.309 e. The number of hydrogen-bond acceptors (Lipinski definition) is 2. The largest absolute Gasteiger partial charge is 0.309 e. The van der Waals surface area contributed by atoms with Crippen LogP contribution < -0.4 is 9.80 Å². The molecule has 13 aromatic rings. The number of fused-ring (bicyclic) bond motifs is 16. The number of anilines is 6. The van der Waals surface area contributed by atoms with Crippen LogP contribution in [0.15, 0.2) is 279 Å². The van der Waals surface area contributed by atoms with Gasteiger partial charge in [0, 0.05) is 33.3 Å². The van der Waals surface area contributed by atoms with Crippen molar-refractivity contribution in [3.8, 4) is 55.6 Å². The zero-order chi connectivity index (χ0) is 55.3. The molecule has 17 rings (SSSR count). The second-order valence-electron chi connectivity index (χ2n) is 24.2. The second kappa shape index (κ2) is 17.5. The van der Waals surface area contributed by atoms with E-state index < -0.39 is 5.41 Å². The number of benzene rings is 13. The summed E-state index contributed by atoms with van der Waals surface area (Å²) >= 11 is 0. The third-order valence-corrected chi connectivity index (χ3v) is 19.4. The minimum atomic E-state index is -0.494. The van der Waals surface area contributed by atoms with Crippen molar-refractivity contribution in [2.45, 2.75) is 43.9 Å². The predicted molar refractivity (Wildman–Crippen MR) is 348 cm³/mol. The molecular weight excluding hydrogens is 1000 g/mol. The van der Waals surface area contributed by atoms with Crippen molar-refractivity contribution in [1.29, 1.82) is 0 Å². The van der Waals surface area contributed by atoms with E-state index in [0.717, 1.165) is 11.4 Å². The maximum atomic E-state index is 2.56. The Hall–Kier alpha value is -10.0. The van der Waals surface area contributed by atoms with Crippen molar-refractivity contribution < 1.29 is 0 Å². The van der Waals surface area contributed by atoms with Crippen LogP contribution in [0.4, 0.5) is 34.1 Å². The molecule has 0 aromatic heterocycles. The molecule has 0 atom stereocenters. The molecule has 2 heteroatoms. The lowest BCUT2D eigenvalue weighted by molar-refractivity contribution is 0.632. The molecule has 0 amide bonds. The van der Waals surface area contributed by atoms with Crippen molar-refractivity contribution in [2.24, 2.45) is 0 Å². The smallest absolute Gasteiger partial charge is 0.0725 e. The molecule has 4 aliphatic rings. The van der Waals surface area contributed by atoms with Crippen LogP contribution >= 0.6 is 0 Å². The van der Waals surface area contributed by atoms with Crippen molar-refractivity contribution in [3.05, 3.63) is 324 Å². The fourth-order valence-corrected chi connectivity index (χ4v) is 15.9. The van der Waals surface area contributed by atoms with Crippen LogP contribution in [0.2, 0.25) is 0 Å². The monoisotopic (exact) mass is 1060 g/mol. The Kier molecular flexibility index (Phi) is 10.1. The molecule has 0 fully saturated rings. The third-order valence-electron chi connectivity index (χ3n) is 19.4. The molecule has 0 bridgehead atoms. The van der Waals surface area contributed by atoms with Gasteiger partial charge in [0.05, 0.1) is 28.2 Å². The first kappa shape index (κ1) is 47.8. The van der Waals surface area contributed by atoms with E-state index in [1.807, 2.05) is 0 Å². The Morgan fingerprint density at radius 1 is 0.229 bits per heavy atom. The Bertz CT molecular complexity index is 4620. The maximum Gasteiger partial charge on any atom is 0.0725 e. The highest BCUT2D eigenvalue weighted by Crippen LogP contribution is 2.65. The van der Waals surface area contributed by atoms with Crippen molar-refractivity contribution in [1.82, 2.24) is 0 Å². The quantitative estimate of drug-likeness (QED) is 0.159. The fourth-order valence-electron chi connectivity index (χ4n) is 15.9. The van der Waals surface area contributed by atoms with E-state index in [1.54, 1.807) is 0 Å². The first-order chi connectivity index (χ1) is 40.8. The summed E-state index contributed by atoms with van der Waals surface area (Å²) in [6.07, 6.45) is 0. The lowest BCUT2D eigenvalue weighted by atomic mass is 9.70. The maximum absolute atomic E-state index is 2.56. The number of rotatable bonds is 5. The van der Waals surface area contributed by atoms with Gasteiger partial charge in [0.1, 0.15) is 0 Å². The van der Waals surface area contributed by atoms with Crippen LogP contribution in [0, 0.1) is 0 Å². The average Bonchev–Trinajstić information content (AvgIpc) is 1.62. The van der Waals surface area contributed by atoms with Gasteiger partial charge in [-0.15, -0.1) is 0 Å². The Morgan fingerprint density at radius 2 is 0.566 bits per heavy atom. The molecule has 0 unspecified atom stereocenters. The van der Waals surface area contributed by atoms with E-state index in [2.05, 4.69) is 317 Å². The molecule has 0 saturated heterocycles. The zero-order valence-corrected chi connectivity index (χ0v) is 47.0. The molecule has 83 heavy (non-hydrogen) atoms. The number of hydrogen-bond donors (Lipinski definition) is 0. The number of para-hydroxylation sites is 6. The van der Waals surface area contributed by atoms with Gasteiger partial charge in [-0.1, -0.05) is 264 Å². The summed E-state index contributed by atoms with van der Waals surface area (Å²) in [5.74, 6) is 0. The normalized spacial score (nSPS) is 15.0. The molecule has 13 aromatic carbocycles. The summed E-state index contributed by atoms with van der Waals surface area (Å²) in [7, 11) is 0. The standard InChI is InChI=1S/C81H58N2/c1-79(2)68-43-17-19-48-73(68)82(51-26-7-5-8-27-51)77-59(37-23-46-71(77)79)53-33-21-35-57-63(53)50-64-54(60-38-24-47-72-78(60)83(52-28-9-6-10-29-52)74-49-20-18-44-69(74)80(72,3)4)34-22-36-58(64)75(57)62-39-25-45-70-76(62)61-32-13-16-42-67(61)81(70)65-40-14-11-30-55(65)56-31-12-15-41-66(56)81/h5-50H,1-4H3. The van der Waals surface area contributed by atoms with E-state index in [1.165, 1.54) is 144 Å². The highest BCUT2D eigenvalue weighted by molar-refractivity contribution is 6.22. The van der Waals surface area contributed by atoms with E-state index >= 15 is 0 Å². The highest BCUT2D eigenvalue weighted by Gasteiger charge is 2.52. The summed E-state index contributed by atoms with van der Waals surface area (Å²) < 4.78 is 0. The molecule has 2 aliphatic carbocycles. The highest BCUT2D eigenvalue weighted by atomic mass is 15.2. The van der Waals surface area contributed by atoms with Gasteiger partial charge in [0.15, 0.2) is 0 Å². The summed E-state index contributed by atoms with van der Waals surface area (Å²) in [4.78, 5) is 5.06.